The molecule has 0 radical (unpaired) electrons. The number of halogens is 1. The summed E-state index contributed by atoms with van der Waals surface area (Å²) in [4.78, 5) is 13.3. The maximum atomic E-state index is 14.0. The molecule has 0 saturated heterocycles. The van der Waals surface area contributed by atoms with Gasteiger partial charge < -0.3 is 4.57 Å². The molecule has 0 saturated carbocycles. The molecule has 4 rings (SSSR count). The van der Waals surface area contributed by atoms with Gasteiger partial charge in [-0.15, -0.1) is 0 Å². The molecule has 5 heteroatoms. The minimum atomic E-state index is -0.321. The summed E-state index contributed by atoms with van der Waals surface area (Å²) in [5.41, 5.74) is 3.04. The molecule has 2 aromatic carbocycles. The maximum absolute atomic E-state index is 14.0. The van der Waals surface area contributed by atoms with E-state index >= 15 is 0 Å². The van der Waals surface area contributed by atoms with Gasteiger partial charge >= 0.3 is 0 Å². The average Bonchev–Trinajstić information content (AvgIpc) is 3.10. The Morgan fingerprint density at radius 3 is 2.56 bits per heavy atom. The van der Waals surface area contributed by atoms with Crippen LogP contribution in [-0.2, 0) is 6.54 Å². The van der Waals surface area contributed by atoms with Crippen molar-refractivity contribution in [3.8, 4) is 23.1 Å². The second-order valence-corrected chi connectivity index (χ2v) is 6.12. The Labute approximate surface area is 156 Å². The third kappa shape index (κ3) is 3.30. The summed E-state index contributed by atoms with van der Waals surface area (Å²) in [6, 6.07) is 14.8. The Kier molecular flexibility index (Phi) is 4.39. The van der Waals surface area contributed by atoms with Crippen molar-refractivity contribution in [2.45, 2.75) is 20.4 Å². The topological polar surface area (TPSA) is 43.6 Å². The van der Waals surface area contributed by atoms with Crippen LogP contribution in [0.3, 0.4) is 0 Å². The van der Waals surface area contributed by atoms with Crippen LogP contribution in [-0.4, -0.2) is 19.5 Å². The summed E-state index contributed by atoms with van der Waals surface area (Å²) < 4.78 is 16.0. The second kappa shape index (κ2) is 7.00. The summed E-state index contributed by atoms with van der Waals surface area (Å²) in [6.07, 6.45) is 1.99. The lowest BCUT2D eigenvalue weighted by molar-refractivity contribution is 0.638. The van der Waals surface area contributed by atoms with Crippen LogP contribution in [0.25, 0.3) is 22.2 Å². The highest BCUT2D eigenvalue weighted by Crippen LogP contribution is 2.19. The maximum Gasteiger partial charge on any atom is 0.206 e. The van der Waals surface area contributed by atoms with Crippen molar-refractivity contribution >= 4 is 10.9 Å². The molecule has 2 aromatic heterocycles. The molecule has 0 fully saturated rings. The molecule has 0 bridgehead atoms. The van der Waals surface area contributed by atoms with Crippen LogP contribution in [0, 0.1) is 24.6 Å². The van der Waals surface area contributed by atoms with Crippen LogP contribution >= 0.6 is 0 Å². The lowest BCUT2D eigenvalue weighted by atomic mass is 10.2. The van der Waals surface area contributed by atoms with Gasteiger partial charge in [-0.2, -0.15) is 0 Å². The van der Waals surface area contributed by atoms with E-state index in [1.54, 1.807) is 19.1 Å². The second-order valence-electron chi connectivity index (χ2n) is 6.12. The van der Waals surface area contributed by atoms with E-state index in [4.69, 9.17) is 0 Å². The summed E-state index contributed by atoms with van der Waals surface area (Å²) in [5, 5.41) is 0.435. The van der Waals surface area contributed by atoms with Gasteiger partial charge in [0.1, 0.15) is 5.82 Å². The molecule has 0 amide bonds. The molecule has 0 aliphatic rings. The molecule has 0 unspecified atom stereocenters. The largest absolute Gasteiger partial charge is 0.324 e. The molecule has 4 aromatic rings. The fraction of sp³-hybridized carbons (Fsp3) is 0.136. The highest BCUT2D eigenvalue weighted by molar-refractivity contribution is 5.81. The molecule has 0 spiro atoms. The predicted octanol–water partition coefficient (Wildman–Crippen LogP) is 4.36. The Bertz CT molecular complexity index is 1180. The fourth-order valence-electron chi connectivity index (χ4n) is 2.99. The molecular formula is C22H17FN4. The monoisotopic (exact) mass is 356 g/mol. The number of nitrogens with zero attached hydrogens (tertiary/aromatic N) is 4. The van der Waals surface area contributed by atoms with Crippen molar-refractivity contribution in [1.29, 1.82) is 0 Å². The molecular weight excluding hydrogens is 339 g/mol. The van der Waals surface area contributed by atoms with Crippen LogP contribution in [0.4, 0.5) is 4.39 Å². The van der Waals surface area contributed by atoms with Gasteiger partial charge in [0.2, 0.25) is 5.82 Å². The van der Waals surface area contributed by atoms with Crippen molar-refractivity contribution in [2.75, 3.05) is 0 Å². The van der Waals surface area contributed by atoms with Crippen molar-refractivity contribution in [3.63, 3.8) is 0 Å². The smallest absolute Gasteiger partial charge is 0.206 e. The van der Waals surface area contributed by atoms with E-state index in [9.17, 15) is 4.39 Å². The first-order valence-electron chi connectivity index (χ1n) is 8.73. The van der Waals surface area contributed by atoms with Gasteiger partial charge in [-0.1, -0.05) is 36.4 Å². The van der Waals surface area contributed by atoms with Crippen LogP contribution in [0.15, 0.2) is 54.7 Å². The van der Waals surface area contributed by atoms with Crippen LogP contribution in [0.2, 0.25) is 0 Å². The Morgan fingerprint density at radius 2 is 1.78 bits per heavy atom. The zero-order valence-corrected chi connectivity index (χ0v) is 15.1. The fourth-order valence-corrected chi connectivity index (χ4v) is 2.99. The standard InChI is InChI=1S/C22H17FN4/c1-3-27-14-19(16-8-5-4-6-9-16)26-21(27)13-12-20-24-15(2)22-17(23)10-7-11-18(22)25-20/h4-11,14H,3H2,1-2H3. The van der Waals surface area contributed by atoms with E-state index < -0.39 is 0 Å². The van der Waals surface area contributed by atoms with E-state index in [1.807, 2.05) is 48.0 Å². The molecule has 2 heterocycles. The third-order valence-electron chi connectivity index (χ3n) is 4.33. The van der Waals surface area contributed by atoms with E-state index in [0.29, 0.717) is 28.2 Å². The Balaban J connectivity index is 1.75. The van der Waals surface area contributed by atoms with Crippen LogP contribution < -0.4 is 0 Å². The number of imidazole rings is 1. The number of hydrogen-bond donors (Lipinski definition) is 0. The van der Waals surface area contributed by atoms with E-state index in [-0.39, 0.29) is 5.82 Å². The quantitative estimate of drug-likeness (QED) is 0.501. The normalized spacial score (nSPS) is 10.6. The number of rotatable bonds is 2. The van der Waals surface area contributed by atoms with Crippen LogP contribution in [0.5, 0.6) is 0 Å². The number of aromatic nitrogens is 4. The lowest BCUT2D eigenvalue weighted by Gasteiger charge is -2.02. The lowest BCUT2D eigenvalue weighted by Crippen LogP contribution is -1.98. The van der Waals surface area contributed by atoms with Gasteiger partial charge in [0.25, 0.3) is 0 Å². The van der Waals surface area contributed by atoms with Gasteiger partial charge in [0.15, 0.2) is 5.82 Å². The molecule has 0 aliphatic heterocycles. The van der Waals surface area contributed by atoms with Crippen molar-refractivity contribution in [2.24, 2.45) is 0 Å². The van der Waals surface area contributed by atoms with Gasteiger partial charge in [-0.05, 0) is 37.8 Å². The third-order valence-corrected chi connectivity index (χ3v) is 4.33. The SMILES string of the molecule is CCn1cc(-c2ccccc2)nc1C#Cc1nc(C)c2c(F)cccc2n1. The minimum Gasteiger partial charge on any atom is -0.324 e. The number of hydrogen-bond acceptors (Lipinski definition) is 3. The molecule has 0 N–H and O–H groups in total. The Hall–Kier alpha value is -3.52. The number of aryl methyl sites for hydroxylation is 2. The van der Waals surface area contributed by atoms with Crippen molar-refractivity contribution in [3.05, 3.63) is 77.9 Å². The van der Waals surface area contributed by atoms with Crippen molar-refractivity contribution < 1.29 is 4.39 Å². The van der Waals surface area contributed by atoms with Gasteiger partial charge in [-0.3, -0.25) is 0 Å². The Morgan fingerprint density at radius 1 is 0.963 bits per heavy atom. The molecule has 27 heavy (non-hydrogen) atoms. The zero-order chi connectivity index (χ0) is 18.8. The summed E-state index contributed by atoms with van der Waals surface area (Å²) >= 11 is 0. The molecule has 4 nitrogen and oxygen atoms in total. The van der Waals surface area contributed by atoms with Gasteiger partial charge in [0.05, 0.1) is 22.3 Å². The average molecular weight is 356 g/mol. The van der Waals surface area contributed by atoms with E-state index in [0.717, 1.165) is 17.8 Å². The highest BCUT2D eigenvalue weighted by Gasteiger charge is 2.09. The van der Waals surface area contributed by atoms with E-state index in [1.165, 1.54) is 6.07 Å². The minimum absolute atomic E-state index is 0.321. The zero-order valence-electron chi connectivity index (χ0n) is 15.1. The van der Waals surface area contributed by atoms with Gasteiger partial charge in [0, 0.05) is 18.3 Å². The summed E-state index contributed by atoms with van der Waals surface area (Å²) in [6.45, 7) is 4.56. The first kappa shape index (κ1) is 16.9. The predicted molar refractivity (Wildman–Crippen MR) is 104 cm³/mol. The molecule has 0 atom stereocenters. The number of benzene rings is 2. The molecule has 132 valence electrons. The first-order chi connectivity index (χ1) is 13.2. The summed E-state index contributed by atoms with van der Waals surface area (Å²) in [7, 11) is 0. The molecule has 0 aliphatic carbocycles. The van der Waals surface area contributed by atoms with E-state index in [2.05, 4.69) is 26.8 Å². The van der Waals surface area contributed by atoms with Crippen LogP contribution in [0.1, 0.15) is 24.3 Å². The van der Waals surface area contributed by atoms with Crippen molar-refractivity contribution in [1.82, 2.24) is 19.5 Å². The van der Waals surface area contributed by atoms with Gasteiger partial charge in [-0.25, -0.2) is 19.3 Å². The highest BCUT2D eigenvalue weighted by atomic mass is 19.1. The first-order valence-corrected chi connectivity index (χ1v) is 8.73. The number of fused-ring (bicyclic) bond motifs is 1. The summed E-state index contributed by atoms with van der Waals surface area (Å²) in [5.74, 6) is 6.72.